The highest BCUT2D eigenvalue weighted by atomic mass is 35.5. The molecule has 3 aromatic carbocycles. The van der Waals surface area contributed by atoms with Gasteiger partial charge in [0.25, 0.3) is 0 Å². The second-order valence-corrected chi connectivity index (χ2v) is 6.25. The number of rotatable bonds is 4. The molecule has 0 unspecified atom stereocenters. The molecule has 0 atom stereocenters. The molecule has 2 heteroatoms. The minimum atomic E-state index is 0.717. The van der Waals surface area contributed by atoms with Gasteiger partial charge in [0.2, 0.25) is 0 Å². The minimum Gasteiger partial charge on any atom is -0.0984 e. The molecule has 118 valence electrons. The van der Waals surface area contributed by atoms with E-state index in [9.17, 15) is 0 Å². The van der Waals surface area contributed by atoms with Gasteiger partial charge in [-0.2, -0.15) is 0 Å². The van der Waals surface area contributed by atoms with Crippen LogP contribution in [-0.2, 0) is 0 Å². The first-order valence-electron chi connectivity index (χ1n) is 7.63. The molecule has 0 nitrogen and oxygen atoms in total. The lowest BCUT2D eigenvalue weighted by atomic mass is 9.89. The molecule has 0 aliphatic heterocycles. The lowest BCUT2D eigenvalue weighted by molar-refractivity contribution is 1.53. The number of halogens is 2. The maximum Gasteiger partial charge on any atom is 0.0406 e. The molecule has 0 aromatic heterocycles. The fraction of sp³-hybridized carbons (Fsp3) is 0. The normalized spacial score (nSPS) is 10.2. The summed E-state index contributed by atoms with van der Waals surface area (Å²) in [4.78, 5) is 0. The Morgan fingerprint density at radius 2 is 1.08 bits per heavy atom. The topological polar surface area (TPSA) is 0 Å². The number of hydrogen-bond donors (Lipinski definition) is 0. The monoisotopic (exact) mass is 350 g/mol. The van der Waals surface area contributed by atoms with Crippen LogP contribution >= 0.6 is 23.2 Å². The molecule has 0 bridgehead atoms. The van der Waals surface area contributed by atoms with Gasteiger partial charge in [0, 0.05) is 10.0 Å². The average molecular weight is 351 g/mol. The maximum absolute atomic E-state index is 6.06. The lowest BCUT2D eigenvalue weighted by Gasteiger charge is -2.15. The molecule has 0 heterocycles. The maximum atomic E-state index is 6.06. The Kier molecular flexibility index (Phi) is 5.20. The van der Waals surface area contributed by atoms with Gasteiger partial charge < -0.3 is 0 Å². The first-order valence-corrected chi connectivity index (χ1v) is 8.38. The first-order chi connectivity index (χ1) is 11.7. The van der Waals surface area contributed by atoms with Gasteiger partial charge in [-0.3, -0.25) is 0 Å². The van der Waals surface area contributed by atoms with E-state index in [0.717, 1.165) is 27.8 Å². The van der Waals surface area contributed by atoms with Crippen LogP contribution in [0.5, 0.6) is 0 Å². The Morgan fingerprint density at radius 3 is 1.50 bits per heavy atom. The van der Waals surface area contributed by atoms with Crippen molar-refractivity contribution < 1.29 is 0 Å². The second kappa shape index (κ2) is 7.53. The predicted molar refractivity (Wildman–Crippen MR) is 105 cm³/mol. The van der Waals surface area contributed by atoms with E-state index >= 15 is 0 Å². The fourth-order valence-electron chi connectivity index (χ4n) is 2.69. The van der Waals surface area contributed by atoms with Gasteiger partial charge in [-0.15, -0.1) is 0 Å². The van der Waals surface area contributed by atoms with Crippen molar-refractivity contribution in [2.24, 2.45) is 0 Å². The van der Waals surface area contributed by atoms with E-state index in [1.54, 1.807) is 0 Å². The predicted octanol–water partition coefficient (Wildman–Crippen LogP) is 7.14. The highest BCUT2D eigenvalue weighted by molar-refractivity contribution is 6.31. The van der Waals surface area contributed by atoms with E-state index in [4.69, 9.17) is 23.2 Å². The van der Waals surface area contributed by atoms with Crippen molar-refractivity contribution in [3.8, 4) is 0 Å². The van der Waals surface area contributed by atoms with Crippen molar-refractivity contribution in [3.05, 3.63) is 118 Å². The summed E-state index contributed by atoms with van der Waals surface area (Å²) >= 11 is 12.1. The summed E-state index contributed by atoms with van der Waals surface area (Å²) in [6.45, 7) is 4.03. The Morgan fingerprint density at radius 1 is 0.625 bits per heavy atom. The summed E-state index contributed by atoms with van der Waals surface area (Å²) in [5, 5.41) is 1.43. The Bertz CT molecular complexity index is 811. The average Bonchev–Trinajstić information content (AvgIpc) is 2.62. The number of allylic oxidation sites excluding steroid dienone is 2. The highest BCUT2D eigenvalue weighted by Gasteiger charge is 2.12. The first kappa shape index (κ1) is 16.6. The largest absolute Gasteiger partial charge is 0.0984 e. The summed E-state index contributed by atoms with van der Waals surface area (Å²) in [5.41, 5.74) is 5.46. The van der Waals surface area contributed by atoms with Gasteiger partial charge in [0.1, 0.15) is 0 Å². The Hall–Kier alpha value is -2.28. The van der Waals surface area contributed by atoms with Crippen LogP contribution in [0.3, 0.4) is 0 Å². The Labute approximate surface area is 152 Å². The SMILES string of the molecule is C=CC(=C(c1ccc(Cl)cc1)c1ccc(Cl)cc1)c1ccccc1. The van der Waals surface area contributed by atoms with E-state index in [1.807, 2.05) is 72.8 Å². The zero-order valence-electron chi connectivity index (χ0n) is 13.0. The lowest BCUT2D eigenvalue weighted by Crippen LogP contribution is -1.93. The van der Waals surface area contributed by atoms with Crippen molar-refractivity contribution in [2.75, 3.05) is 0 Å². The van der Waals surface area contributed by atoms with Crippen LogP contribution in [0.25, 0.3) is 11.1 Å². The number of hydrogen-bond acceptors (Lipinski definition) is 0. The fourth-order valence-corrected chi connectivity index (χ4v) is 2.94. The van der Waals surface area contributed by atoms with Crippen LogP contribution in [0.2, 0.25) is 10.0 Å². The molecular formula is C22H16Cl2. The van der Waals surface area contributed by atoms with Gasteiger partial charge in [-0.25, -0.2) is 0 Å². The third-order valence-electron chi connectivity index (χ3n) is 3.82. The third kappa shape index (κ3) is 3.62. The van der Waals surface area contributed by atoms with E-state index in [1.165, 1.54) is 0 Å². The van der Waals surface area contributed by atoms with Crippen molar-refractivity contribution in [3.63, 3.8) is 0 Å². The van der Waals surface area contributed by atoms with Crippen LogP contribution in [0.1, 0.15) is 16.7 Å². The van der Waals surface area contributed by atoms with Gasteiger partial charge >= 0.3 is 0 Å². The summed E-state index contributed by atoms with van der Waals surface area (Å²) < 4.78 is 0. The summed E-state index contributed by atoms with van der Waals surface area (Å²) in [6, 6.07) is 25.9. The van der Waals surface area contributed by atoms with Crippen molar-refractivity contribution >= 4 is 34.3 Å². The van der Waals surface area contributed by atoms with Crippen LogP contribution in [0, 0.1) is 0 Å². The smallest absolute Gasteiger partial charge is 0.0406 e. The zero-order valence-corrected chi connectivity index (χ0v) is 14.6. The Balaban J connectivity index is 2.28. The van der Waals surface area contributed by atoms with Gasteiger partial charge in [0.15, 0.2) is 0 Å². The van der Waals surface area contributed by atoms with Crippen LogP contribution in [0.15, 0.2) is 91.5 Å². The standard InChI is InChI=1S/C22H16Cl2/c1-2-21(16-6-4-3-5-7-16)22(17-8-12-19(23)13-9-17)18-10-14-20(24)15-11-18/h2-15H,1H2. The summed E-state index contributed by atoms with van der Waals surface area (Å²) in [6.07, 6.45) is 1.90. The van der Waals surface area contributed by atoms with E-state index in [2.05, 4.69) is 18.7 Å². The van der Waals surface area contributed by atoms with Crippen LogP contribution < -0.4 is 0 Å². The molecule has 0 N–H and O–H groups in total. The molecule has 0 fully saturated rings. The molecule has 0 amide bonds. The molecule has 3 aromatic rings. The molecule has 24 heavy (non-hydrogen) atoms. The molecule has 0 saturated heterocycles. The van der Waals surface area contributed by atoms with Gasteiger partial charge in [-0.1, -0.05) is 90.5 Å². The summed E-state index contributed by atoms with van der Waals surface area (Å²) in [5.74, 6) is 0. The minimum absolute atomic E-state index is 0.717. The zero-order chi connectivity index (χ0) is 16.9. The second-order valence-electron chi connectivity index (χ2n) is 5.37. The highest BCUT2D eigenvalue weighted by Crippen LogP contribution is 2.34. The van der Waals surface area contributed by atoms with E-state index < -0.39 is 0 Å². The number of benzene rings is 3. The van der Waals surface area contributed by atoms with Crippen molar-refractivity contribution in [2.45, 2.75) is 0 Å². The molecule has 0 aliphatic rings. The van der Waals surface area contributed by atoms with Crippen molar-refractivity contribution in [1.29, 1.82) is 0 Å². The molecule has 0 aliphatic carbocycles. The third-order valence-corrected chi connectivity index (χ3v) is 4.33. The molecular weight excluding hydrogens is 335 g/mol. The van der Waals surface area contributed by atoms with Crippen molar-refractivity contribution in [1.82, 2.24) is 0 Å². The summed E-state index contributed by atoms with van der Waals surface area (Å²) in [7, 11) is 0. The molecule has 0 saturated carbocycles. The van der Waals surface area contributed by atoms with Crippen LogP contribution in [0.4, 0.5) is 0 Å². The molecule has 3 rings (SSSR count). The quantitative estimate of drug-likeness (QED) is 0.346. The van der Waals surface area contributed by atoms with Crippen LogP contribution in [-0.4, -0.2) is 0 Å². The molecule has 0 spiro atoms. The van der Waals surface area contributed by atoms with Gasteiger partial charge in [-0.05, 0) is 52.1 Å². The van der Waals surface area contributed by atoms with E-state index in [-0.39, 0.29) is 0 Å². The molecule has 0 radical (unpaired) electrons. The van der Waals surface area contributed by atoms with E-state index in [0.29, 0.717) is 10.0 Å². The van der Waals surface area contributed by atoms with Gasteiger partial charge in [0.05, 0.1) is 0 Å².